The number of halogens is 1. The predicted octanol–water partition coefficient (Wildman–Crippen LogP) is 2.90. The predicted molar refractivity (Wildman–Crippen MR) is 122 cm³/mol. The molecular weight excluding hydrogens is 415 g/mol. The van der Waals surface area contributed by atoms with E-state index in [9.17, 15) is 14.0 Å². The van der Waals surface area contributed by atoms with Crippen LogP contribution in [0.3, 0.4) is 0 Å². The fourth-order valence-corrected chi connectivity index (χ4v) is 4.69. The first-order chi connectivity index (χ1) is 15.0. The summed E-state index contributed by atoms with van der Waals surface area (Å²) < 4.78 is 15.5. The molecule has 0 radical (unpaired) electrons. The Balaban J connectivity index is 1.47. The highest BCUT2D eigenvalue weighted by Gasteiger charge is 2.15. The average molecular weight is 447 g/mol. The van der Waals surface area contributed by atoms with Crippen LogP contribution in [0.2, 0.25) is 0 Å². The van der Waals surface area contributed by atoms with Gasteiger partial charge in [-0.3, -0.25) is 14.2 Å². The number of rotatable bonds is 10. The number of nitrogens with one attached hydrogen (secondary N) is 1. The number of nitrogens with zero attached hydrogens (tertiary/aromatic N) is 3. The van der Waals surface area contributed by atoms with Crippen molar-refractivity contribution in [3.63, 3.8) is 0 Å². The summed E-state index contributed by atoms with van der Waals surface area (Å²) in [6.45, 7) is 5.68. The number of benzene rings is 1. The van der Waals surface area contributed by atoms with Crippen molar-refractivity contribution in [1.29, 1.82) is 0 Å². The lowest BCUT2D eigenvalue weighted by Gasteiger charge is -2.14. The van der Waals surface area contributed by atoms with E-state index in [1.165, 1.54) is 35.2 Å². The number of likely N-dealkylation sites (tertiary alicyclic amines) is 1. The van der Waals surface area contributed by atoms with E-state index < -0.39 is 0 Å². The van der Waals surface area contributed by atoms with Crippen molar-refractivity contribution in [1.82, 2.24) is 19.8 Å². The van der Waals surface area contributed by atoms with Gasteiger partial charge in [0.15, 0.2) is 5.16 Å². The van der Waals surface area contributed by atoms with Gasteiger partial charge in [0.2, 0.25) is 5.91 Å². The van der Waals surface area contributed by atoms with Gasteiger partial charge in [0.05, 0.1) is 0 Å². The molecule has 0 saturated carbocycles. The Morgan fingerprint density at radius 3 is 2.74 bits per heavy atom. The molecule has 2 aromatic rings. The number of aromatic nitrogens is 2. The molecule has 6 nitrogen and oxygen atoms in total. The zero-order chi connectivity index (χ0) is 22.2. The largest absolute Gasteiger partial charge is 0.355 e. The van der Waals surface area contributed by atoms with Gasteiger partial charge in [0, 0.05) is 50.0 Å². The molecule has 1 amide bonds. The summed E-state index contributed by atoms with van der Waals surface area (Å²) in [6, 6.07) is 6.48. The Morgan fingerprint density at radius 2 is 2.00 bits per heavy atom. The lowest BCUT2D eigenvalue weighted by atomic mass is 10.0. The molecule has 0 aliphatic carbocycles. The summed E-state index contributed by atoms with van der Waals surface area (Å²) in [5.74, 6) is 0.450. The van der Waals surface area contributed by atoms with E-state index in [0.717, 1.165) is 19.6 Å². The van der Waals surface area contributed by atoms with Crippen molar-refractivity contribution in [2.45, 2.75) is 44.2 Å². The third-order valence-electron chi connectivity index (χ3n) is 5.60. The standard InChI is InChI=1S/C23H31FN4O2S/c1-17-19(16-18-8-3-4-9-20(18)24)22(30)27(2)23(26-17)31-15-7-10-21(29)25-11-14-28-12-5-6-13-28/h3-4,8-9H,5-7,10-16H2,1-2H3,(H,25,29). The molecule has 1 N–H and O–H groups in total. The summed E-state index contributed by atoms with van der Waals surface area (Å²) in [5, 5.41) is 3.60. The Bertz CT molecular complexity index is 957. The zero-order valence-electron chi connectivity index (χ0n) is 18.3. The van der Waals surface area contributed by atoms with Crippen LogP contribution in [0.15, 0.2) is 34.2 Å². The van der Waals surface area contributed by atoms with Crippen molar-refractivity contribution >= 4 is 17.7 Å². The third-order valence-corrected chi connectivity index (χ3v) is 6.72. The molecule has 0 bridgehead atoms. The molecule has 31 heavy (non-hydrogen) atoms. The number of amides is 1. The van der Waals surface area contributed by atoms with Gasteiger partial charge in [-0.2, -0.15) is 0 Å². The van der Waals surface area contributed by atoms with E-state index in [1.54, 1.807) is 32.2 Å². The monoisotopic (exact) mass is 446 g/mol. The average Bonchev–Trinajstić information content (AvgIpc) is 3.27. The summed E-state index contributed by atoms with van der Waals surface area (Å²) >= 11 is 1.47. The first kappa shape index (κ1) is 23.5. The van der Waals surface area contributed by atoms with Gasteiger partial charge in [-0.05, 0) is 50.9 Å². The topological polar surface area (TPSA) is 67.2 Å². The highest BCUT2D eigenvalue weighted by Crippen LogP contribution is 2.19. The molecule has 0 atom stereocenters. The van der Waals surface area contributed by atoms with Crippen LogP contribution in [-0.2, 0) is 18.3 Å². The first-order valence-electron chi connectivity index (χ1n) is 10.9. The molecule has 0 unspecified atom stereocenters. The molecule has 2 heterocycles. The van der Waals surface area contributed by atoms with Gasteiger partial charge in [-0.1, -0.05) is 30.0 Å². The van der Waals surface area contributed by atoms with Crippen molar-refractivity contribution in [3.05, 3.63) is 57.3 Å². The Kier molecular flexibility index (Phi) is 8.66. The van der Waals surface area contributed by atoms with E-state index in [1.807, 2.05) is 0 Å². The zero-order valence-corrected chi connectivity index (χ0v) is 19.1. The second-order valence-electron chi connectivity index (χ2n) is 7.94. The molecule has 1 aliphatic heterocycles. The van der Waals surface area contributed by atoms with Crippen LogP contribution in [0, 0.1) is 12.7 Å². The smallest absolute Gasteiger partial charge is 0.257 e. The number of hydrogen-bond acceptors (Lipinski definition) is 5. The fraction of sp³-hybridized carbons (Fsp3) is 0.522. The summed E-state index contributed by atoms with van der Waals surface area (Å²) in [5.41, 5.74) is 1.46. The van der Waals surface area contributed by atoms with Crippen LogP contribution in [0.1, 0.15) is 42.5 Å². The van der Waals surface area contributed by atoms with Gasteiger partial charge < -0.3 is 10.2 Å². The summed E-state index contributed by atoms with van der Waals surface area (Å²) in [4.78, 5) is 31.8. The van der Waals surface area contributed by atoms with Gasteiger partial charge in [-0.15, -0.1) is 0 Å². The molecule has 1 aromatic carbocycles. The van der Waals surface area contributed by atoms with Crippen LogP contribution in [-0.4, -0.2) is 52.3 Å². The lowest BCUT2D eigenvalue weighted by Crippen LogP contribution is -2.33. The van der Waals surface area contributed by atoms with E-state index in [-0.39, 0.29) is 23.7 Å². The third kappa shape index (κ3) is 6.64. The maximum Gasteiger partial charge on any atom is 0.257 e. The van der Waals surface area contributed by atoms with Gasteiger partial charge in [0.25, 0.3) is 5.56 Å². The van der Waals surface area contributed by atoms with E-state index in [2.05, 4.69) is 15.2 Å². The number of hydrogen-bond donors (Lipinski definition) is 1. The molecule has 1 aliphatic rings. The molecule has 1 fully saturated rings. The van der Waals surface area contributed by atoms with Crippen LogP contribution in [0.5, 0.6) is 0 Å². The Morgan fingerprint density at radius 1 is 1.26 bits per heavy atom. The number of thioether (sulfide) groups is 1. The minimum Gasteiger partial charge on any atom is -0.355 e. The van der Waals surface area contributed by atoms with Crippen molar-refractivity contribution in [3.8, 4) is 0 Å². The SMILES string of the molecule is Cc1nc(SCCCC(=O)NCCN2CCCC2)n(C)c(=O)c1Cc1ccccc1F. The molecule has 3 rings (SSSR count). The number of aryl methyl sites for hydroxylation is 1. The lowest BCUT2D eigenvalue weighted by molar-refractivity contribution is -0.121. The maximum absolute atomic E-state index is 14.0. The summed E-state index contributed by atoms with van der Waals surface area (Å²) in [6.07, 6.45) is 3.91. The van der Waals surface area contributed by atoms with E-state index >= 15 is 0 Å². The normalized spacial score (nSPS) is 14.2. The van der Waals surface area contributed by atoms with Gasteiger partial charge in [0.1, 0.15) is 5.82 Å². The maximum atomic E-state index is 14.0. The number of carbonyl (C=O) groups excluding carboxylic acids is 1. The van der Waals surface area contributed by atoms with Crippen LogP contribution in [0.4, 0.5) is 4.39 Å². The van der Waals surface area contributed by atoms with E-state index in [4.69, 9.17) is 0 Å². The van der Waals surface area contributed by atoms with Gasteiger partial charge >= 0.3 is 0 Å². The van der Waals surface area contributed by atoms with Crippen molar-refractivity contribution in [2.75, 3.05) is 31.9 Å². The Labute approximate surface area is 187 Å². The van der Waals surface area contributed by atoms with Crippen LogP contribution < -0.4 is 10.9 Å². The molecule has 1 saturated heterocycles. The highest BCUT2D eigenvalue weighted by atomic mass is 32.2. The molecule has 8 heteroatoms. The summed E-state index contributed by atoms with van der Waals surface area (Å²) in [7, 11) is 1.69. The quantitative estimate of drug-likeness (QED) is 0.345. The van der Waals surface area contributed by atoms with Crippen LogP contribution in [0.25, 0.3) is 0 Å². The van der Waals surface area contributed by atoms with Crippen LogP contribution >= 0.6 is 11.8 Å². The first-order valence-corrected chi connectivity index (χ1v) is 11.9. The molecular formula is C23H31FN4O2S. The molecule has 168 valence electrons. The number of carbonyl (C=O) groups is 1. The minimum absolute atomic E-state index is 0.0676. The minimum atomic E-state index is -0.318. The van der Waals surface area contributed by atoms with E-state index in [0.29, 0.717) is 47.1 Å². The molecule has 1 aromatic heterocycles. The van der Waals surface area contributed by atoms with Gasteiger partial charge in [-0.25, -0.2) is 9.37 Å². The van der Waals surface area contributed by atoms with Crippen molar-refractivity contribution in [2.24, 2.45) is 7.05 Å². The Hall–Kier alpha value is -2.19. The second kappa shape index (κ2) is 11.4. The fourth-order valence-electron chi connectivity index (χ4n) is 3.74. The molecule has 0 spiro atoms. The second-order valence-corrected chi connectivity index (χ2v) is 9.00. The van der Waals surface area contributed by atoms with Crippen molar-refractivity contribution < 1.29 is 9.18 Å². The highest BCUT2D eigenvalue weighted by molar-refractivity contribution is 7.99.